The van der Waals surface area contributed by atoms with Crippen molar-refractivity contribution in [3.63, 3.8) is 0 Å². The Hall–Kier alpha value is -2.91. The molecule has 0 bridgehead atoms. The number of sulfonamides is 1. The zero-order valence-electron chi connectivity index (χ0n) is 18.3. The first-order valence-electron chi connectivity index (χ1n) is 10.6. The number of carbonyl (C=O) groups is 2. The summed E-state index contributed by atoms with van der Waals surface area (Å²) in [7, 11) is -3.76. The molecule has 2 aliphatic heterocycles. The lowest BCUT2D eigenvalue weighted by Crippen LogP contribution is -2.41. The van der Waals surface area contributed by atoms with Gasteiger partial charge in [-0.15, -0.1) is 0 Å². The minimum Gasteiger partial charge on any atom is -0.479 e. The first-order valence-corrected chi connectivity index (χ1v) is 12.1. The van der Waals surface area contributed by atoms with Crippen molar-refractivity contribution in [3.8, 4) is 5.75 Å². The predicted octanol–water partition coefficient (Wildman–Crippen LogP) is 3.06. The quantitative estimate of drug-likeness (QED) is 0.734. The maximum Gasteiger partial charge on any atom is 0.265 e. The van der Waals surface area contributed by atoms with Crippen LogP contribution in [0.4, 0.5) is 11.4 Å². The number of ether oxygens (including phenoxy) is 1. The smallest absolute Gasteiger partial charge is 0.265 e. The predicted molar refractivity (Wildman–Crippen MR) is 121 cm³/mol. The molecule has 1 fully saturated rings. The van der Waals surface area contributed by atoms with E-state index in [1.165, 1.54) is 10.4 Å². The Balaban J connectivity index is 1.46. The van der Waals surface area contributed by atoms with E-state index >= 15 is 0 Å². The number of amides is 2. The topological polar surface area (TPSA) is 105 Å². The Bertz CT molecular complexity index is 1170. The van der Waals surface area contributed by atoms with Gasteiger partial charge in [-0.25, -0.2) is 8.42 Å². The number of hydrogen-bond donors (Lipinski definition) is 2. The summed E-state index contributed by atoms with van der Waals surface area (Å²) in [6.45, 7) is 5.79. The van der Waals surface area contributed by atoms with Crippen LogP contribution in [0.1, 0.15) is 30.9 Å². The van der Waals surface area contributed by atoms with Crippen LogP contribution in [0.25, 0.3) is 0 Å². The second-order valence-corrected chi connectivity index (χ2v) is 10.3. The molecule has 0 aliphatic carbocycles. The van der Waals surface area contributed by atoms with Crippen molar-refractivity contribution in [2.45, 2.75) is 44.6 Å². The number of rotatable bonds is 4. The lowest BCUT2D eigenvalue weighted by atomic mass is 9.97. The minimum absolute atomic E-state index is 0.0873. The van der Waals surface area contributed by atoms with Gasteiger partial charge >= 0.3 is 0 Å². The second kappa shape index (κ2) is 8.55. The van der Waals surface area contributed by atoms with Gasteiger partial charge in [-0.3, -0.25) is 9.59 Å². The Morgan fingerprint density at radius 2 is 1.88 bits per heavy atom. The van der Waals surface area contributed by atoms with E-state index in [0.29, 0.717) is 29.8 Å². The fourth-order valence-electron chi connectivity index (χ4n) is 4.09. The molecule has 8 nitrogen and oxygen atoms in total. The van der Waals surface area contributed by atoms with Crippen molar-refractivity contribution >= 4 is 33.2 Å². The molecule has 2 heterocycles. The monoisotopic (exact) mass is 457 g/mol. The summed E-state index contributed by atoms with van der Waals surface area (Å²) < 4.78 is 33.7. The average Bonchev–Trinajstić information content (AvgIpc) is 2.74. The van der Waals surface area contributed by atoms with E-state index in [1.807, 2.05) is 31.2 Å². The van der Waals surface area contributed by atoms with Gasteiger partial charge in [0, 0.05) is 30.8 Å². The lowest BCUT2D eigenvalue weighted by Gasteiger charge is -2.31. The van der Waals surface area contributed by atoms with Crippen LogP contribution in [-0.2, 0) is 19.6 Å². The third kappa shape index (κ3) is 4.35. The fraction of sp³-hybridized carbons (Fsp3) is 0.391. The van der Waals surface area contributed by atoms with Gasteiger partial charge in [-0.1, -0.05) is 12.1 Å². The van der Waals surface area contributed by atoms with Gasteiger partial charge < -0.3 is 15.4 Å². The van der Waals surface area contributed by atoms with Crippen molar-refractivity contribution in [1.82, 2.24) is 4.31 Å². The largest absolute Gasteiger partial charge is 0.479 e. The molecule has 0 radical (unpaired) electrons. The highest BCUT2D eigenvalue weighted by Crippen LogP contribution is 2.36. The summed E-state index contributed by atoms with van der Waals surface area (Å²) >= 11 is 0. The van der Waals surface area contributed by atoms with Gasteiger partial charge in [0.15, 0.2) is 6.10 Å². The van der Waals surface area contributed by atoms with Gasteiger partial charge in [0.05, 0.1) is 10.6 Å². The van der Waals surface area contributed by atoms with Gasteiger partial charge in [0.2, 0.25) is 15.9 Å². The van der Waals surface area contributed by atoms with Crippen LogP contribution in [0.5, 0.6) is 5.75 Å². The van der Waals surface area contributed by atoms with Crippen molar-refractivity contribution in [3.05, 3.63) is 47.5 Å². The van der Waals surface area contributed by atoms with E-state index in [1.54, 1.807) is 19.9 Å². The molecule has 1 saturated heterocycles. The van der Waals surface area contributed by atoms with Crippen LogP contribution in [-0.4, -0.2) is 43.7 Å². The maximum absolute atomic E-state index is 13.3. The Labute approximate surface area is 188 Å². The highest BCUT2D eigenvalue weighted by atomic mass is 32.2. The third-order valence-corrected chi connectivity index (χ3v) is 7.98. The molecule has 1 atom stereocenters. The van der Waals surface area contributed by atoms with E-state index in [9.17, 15) is 18.0 Å². The summed E-state index contributed by atoms with van der Waals surface area (Å²) in [4.78, 5) is 24.6. The summed E-state index contributed by atoms with van der Waals surface area (Å²) in [5, 5.41) is 5.66. The first-order chi connectivity index (χ1) is 15.1. The molecular formula is C23H27N3O5S. The molecule has 2 aromatic carbocycles. The number of aryl methyl sites for hydroxylation is 2. The molecule has 2 N–H and O–H groups in total. The molecule has 2 aromatic rings. The van der Waals surface area contributed by atoms with Crippen molar-refractivity contribution < 1.29 is 22.7 Å². The molecular weight excluding hydrogens is 430 g/mol. The second-order valence-electron chi connectivity index (χ2n) is 8.40. The zero-order valence-corrected chi connectivity index (χ0v) is 19.2. The third-order valence-electron chi connectivity index (χ3n) is 5.94. The van der Waals surface area contributed by atoms with Gasteiger partial charge in [0.1, 0.15) is 5.75 Å². The van der Waals surface area contributed by atoms with Crippen LogP contribution in [0, 0.1) is 19.8 Å². The Kier molecular flexibility index (Phi) is 5.96. The normalized spacial score (nSPS) is 19.6. The Morgan fingerprint density at radius 3 is 2.56 bits per heavy atom. The van der Waals surface area contributed by atoms with Crippen LogP contribution in [0.2, 0.25) is 0 Å². The van der Waals surface area contributed by atoms with Gasteiger partial charge in [-0.05, 0) is 62.9 Å². The molecule has 1 unspecified atom stereocenters. The standard InChI is InChI=1S/C23H27N3O5S/c1-14-5-4-6-18(11-14)24-23(28)17-7-9-26(10-8-17)32(29,30)21-13-20-19(12-15(21)2)25-22(27)16(3)31-20/h4-6,11-13,16-17H,7-10H2,1-3H3,(H,24,28)(H,25,27). The zero-order chi connectivity index (χ0) is 23.0. The van der Waals surface area contributed by atoms with Gasteiger partial charge in [-0.2, -0.15) is 4.31 Å². The van der Waals surface area contributed by atoms with E-state index in [0.717, 1.165) is 11.3 Å². The molecule has 2 amide bonds. The SMILES string of the molecule is Cc1cccc(NC(=O)C2CCN(S(=O)(=O)c3cc4c(cc3C)NC(=O)C(C)O4)CC2)c1. The summed E-state index contributed by atoms with van der Waals surface area (Å²) in [5.74, 6) is -0.256. The first kappa shape index (κ1) is 22.3. The number of piperidine rings is 1. The van der Waals surface area contributed by atoms with Crippen LogP contribution in [0.3, 0.4) is 0 Å². The fourth-order valence-corrected chi connectivity index (χ4v) is 5.78. The average molecular weight is 458 g/mol. The number of nitrogens with one attached hydrogen (secondary N) is 2. The van der Waals surface area contributed by atoms with E-state index < -0.39 is 16.1 Å². The molecule has 0 spiro atoms. The van der Waals surface area contributed by atoms with Crippen molar-refractivity contribution in [2.75, 3.05) is 23.7 Å². The molecule has 0 saturated carbocycles. The number of benzene rings is 2. The number of fused-ring (bicyclic) bond motifs is 1. The summed E-state index contributed by atoms with van der Waals surface area (Å²) in [5.41, 5.74) is 2.80. The van der Waals surface area contributed by atoms with Crippen LogP contribution >= 0.6 is 0 Å². The number of carbonyl (C=O) groups excluding carboxylic acids is 2. The van der Waals surface area contributed by atoms with Crippen LogP contribution in [0.15, 0.2) is 41.3 Å². The van der Waals surface area contributed by atoms with E-state index in [2.05, 4.69) is 10.6 Å². The molecule has 170 valence electrons. The van der Waals surface area contributed by atoms with Crippen LogP contribution < -0.4 is 15.4 Å². The molecule has 0 aromatic heterocycles. The highest BCUT2D eigenvalue weighted by molar-refractivity contribution is 7.89. The summed E-state index contributed by atoms with van der Waals surface area (Å²) in [6, 6.07) is 10.7. The minimum atomic E-state index is -3.76. The lowest BCUT2D eigenvalue weighted by molar-refractivity contribution is -0.123. The van der Waals surface area contributed by atoms with Crippen molar-refractivity contribution in [1.29, 1.82) is 0 Å². The molecule has 9 heteroatoms. The van der Waals surface area contributed by atoms with Crippen molar-refractivity contribution in [2.24, 2.45) is 5.92 Å². The molecule has 32 heavy (non-hydrogen) atoms. The molecule has 2 aliphatic rings. The maximum atomic E-state index is 13.3. The van der Waals surface area contributed by atoms with E-state index in [-0.39, 0.29) is 35.7 Å². The van der Waals surface area contributed by atoms with E-state index in [4.69, 9.17) is 4.74 Å². The summed E-state index contributed by atoms with van der Waals surface area (Å²) in [6.07, 6.45) is 0.206. The number of anilines is 2. The Morgan fingerprint density at radius 1 is 1.16 bits per heavy atom. The number of nitrogens with zero attached hydrogens (tertiary/aromatic N) is 1. The molecule has 4 rings (SSSR count). The highest BCUT2D eigenvalue weighted by Gasteiger charge is 2.34. The van der Waals surface area contributed by atoms with Gasteiger partial charge in [0.25, 0.3) is 5.91 Å². The number of hydrogen-bond acceptors (Lipinski definition) is 5.